The fourth-order valence-corrected chi connectivity index (χ4v) is 2.75. The molecule has 1 amide bonds. The van der Waals surface area contributed by atoms with Crippen LogP contribution in [0.4, 0.5) is 0 Å². The first kappa shape index (κ1) is 14.0. The van der Waals surface area contributed by atoms with Gasteiger partial charge in [-0.3, -0.25) is 4.79 Å². The minimum atomic E-state index is -0.134. The maximum absolute atomic E-state index is 12.4. The van der Waals surface area contributed by atoms with Crippen molar-refractivity contribution in [1.29, 1.82) is 0 Å². The number of carbonyl (C=O) groups is 1. The largest absolute Gasteiger partial charge is 0.334 e. The van der Waals surface area contributed by atoms with Crippen LogP contribution in [-0.4, -0.2) is 27.8 Å². The number of nitrogens with zero attached hydrogens (tertiary/aromatic N) is 3. The number of halogens is 1. The molecule has 21 heavy (non-hydrogen) atoms. The first-order chi connectivity index (χ1) is 10.1. The fraction of sp³-hybridized carbons (Fsp3) is 0.133. The number of rotatable bonds is 3. The summed E-state index contributed by atoms with van der Waals surface area (Å²) < 4.78 is 0. The average molecular weight is 318 g/mol. The average Bonchev–Trinajstić information content (AvgIpc) is 2.98. The van der Waals surface area contributed by atoms with E-state index in [1.807, 2.05) is 17.5 Å². The van der Waals surface area contributed by atoms with Crippen molar-refractivity contribution in [2.75, 3.05) is 7.05 Å². The van der Waals surface area contributed by atoms with Gasteiger partial charge in [-0.1, -0.05) is 23.7 Å². The highest BCUT2D eigenvalue weighted by atomic mass is 35.5. The van der Waals surface area contributed by atoms with Crippen LogP contribution in [0, 0.1) is 0 Å². The highest BCUT2D eigenvalue weighted by molar-refractivity contribution is 7.07. The maximum atomic E-state index is 12.4. The molecule has 0 N–H and O–H groups in total. The Morgan fingerprint density at radius 3 is 2.90 bits per heavy atom. The third-order valence-electron chi connectivity index (χ3n) is 3.10. The zero-order valence-corrected chi connectivity index (χ0v) is 12.9. The first-order valence-electron chi connectivity index (χ1n) is 6.32. The van der Waals surface area contributed by atoms with Gasteiger partial charge in [0.05, 0.1) is 23.3 Å². The van der Waals surface area contributed by atoms with Crippen molar-refractivity contribution in [3.05, 3.63) is 57.6 Å². The number of amides is 1. The zero-order chi connectivity index (χ0) is 14.8. The Balaban J connectivity index is 1.86. The van der Waals surface area contributed by atoms with Crippen LogP contribution < -0.4 is 0 Å². The second kappa shape index (κ2) is 5.79. The van der Waals surface area contributed by atoms with Gasteiger partial charge in [-0.25, -0.2) is 9.97 Å². The van der Waals surface area contributed by atoms with E-state index in [-0.39, 0.29) is 5.91 Å². The zero-order valence-electron chi connectivity index (χ0n) is 11.3. The molecule has 0 saturated heterocycles. The van der Waals surface area contributed by atoms with Crippen molar-refractivity contribution in [2.45, 2.75) is 6.54 Å². The van der Waals surface area contributed by atoms with E-state index in [1.54, 1.807) is 35.7 Å². The monoisotopic (exact) mass is 317 g/mol. The molecule has 3 aromatic rings. The molecule has 1 aromatic carbocycles. The van der Waals surface area contributed by atoms with Crippen LogP contribution in [0.1, 0.15) is 16.2 Å². The van der Waals surface area contributed by atoms with Gasteiger partial charge in [-0.15, -0.1) is 11.3 Å². The minimum absolute atomic E-state index is 0.134. The molecule has 0 fully saturated rings. The van der Waals surface area contributed by atoms with Gasteiger partial charge in [0.15, 0.2) is 0 Å². The topological polar surface area (TPSA) is 46.1 Å². The van der Waals surface area contributed by atoms with Crippen LogP contribution in [0.15, 0.2) is 41.2 Å². The molecule has 0 unspecified atom stereocenters. The number of hydrogen-bond acceptors (Lipinski definition) is 4. The van der Waals surface area contributed by atoms with Gasteiger partial charge in [-0.2, -0.15) is 0 Å². The Morgan fingerprint density at radius 2 is 2.14 bits per heavy atom. The Kier molecular flexibility index (Phi) is 3.86. The summed E-state index contributed by atoms with van der Waals surface area (Å²) in [6, 6.07) is 9.06. The molecular formula is C15H12ClN3OS. The van der Waals surface area contributed by atoms with Crippen molar-refractivity contribution in [2.24, 2.45) is 0 Å². The van der Waals surface area contributed by atoms with Crippen molar-refractivity contribution in [3.63, 3.8) is 0 Å². The van der Waals surface area contributed by atoms with Crippen molar-refractivity contribution >= 4 is 39.7 Å². The van der Waals surface area contributed by atoms with Crippen molar-refractivity contribution in [3.8, 4) is 0 Å². The van der Waals surface area contributed by atoms with Gasteiger partial charge in [0.25, 0.3) is 5.91 Å². The second-order valence-electron chi connectivity index (χ2n) is 4.67. The molecule has 6 heteroatoms. The molecule has 3 rings (SSSR count). The van der Waals surface area contributed by atoms with Crippen molar-refractivity contribution < 1.29 is 4.79 Å². The lowest BCUT2D eigenvalue weighted by Crippen LogP contribution is -2.27. The number of carbonyl (C=O) groups excluding carboxylic acids is 1. The highest BCUT2D eigenvalue weighted by Crippen LogP contribution is 2.18. The van der Waals surface area contributed by atoms with E-state index in [0.29, 0.717) is 17.3 Å². The molecule has 2 aromatic heterocycles. The number of fused-ring (bicyclic) bond motifs is 1. The molecule has 0 aliphatic carbocycles. The van der Waals surface area contributed by atoms with Gasteiger partial charge in [0.2, 0.25) is 0 Å². The molecule has 2 heterocycles. The summed E-state index contributed by atoms with van der Waals surface area (Å²) in [5, 5.41) is 3.49. The normalized spacial score (nSPS) is 10.8. The van der Waals surface area contributed by atoms with E-state index in [2.05, 4.69) is 9.97 Å². The van der Waals surface area contributed by atoms with E-state index in [4.69, 9.17) is 11.6 Å². The van der Waals surface area contributed by atoms with Gasteiger partial charge in [-0.05, 0) is 18.2 Å². The summed E-state index contributed by atoms with van der Waals surface area (Å²) in [4.78, 5) is 22.6. The molecule has 106 valence electrons. The minimum Gasteiger partial charge on any atom is -0.334 e. The summed E-state index contributed by atoms with van der Waals surface area (Å²) in [6.07, 6.45) is 0. The molecule has 0 bridgehead atoms. The maximum Gasteiger partial charge on any atom is 0.272 e. The van der Waals surface area contributed by atoms with Crippen LogP contribution in [0.3, 0.4) is 0 Å². The molecular weight excluding hydrogens is 306 g/mol. The highest BCUT2D eigenvalue weighted by Gasteiger charge is 2.14. The summed E-state index contributed by atoms with van der Waals surface area (Å²) in [5.74, 6) is -0.134. The lowest BCUT2D eigenvalue weighted by molar-refractivity contribution is 0.0778. The van der Waals surface area contributed by atoms with Gasteiger partial charge in [0, 0.05) is 22.8 Å². The second-order valence-corrected chi connectivity index (χ2v) is 5.83. The first-order valence-corrected chi connectivity index (χ1v) is 7.64. The standard InChI is InChI=1S/C15H12ClN3OS/c1-19(7-12-8-21-9-17-12)15(20)13-5-3-10-2-4-11(16)6-14(10)18-13/h2-6,8-9H,7H2,1H3. The van der Waals surface area contributed by atoms with E-state index >= 15 is 0 Å². The lowest BCUT2D eigenvalue weighted by Gasteiger charge is -2.15. The summed E-state index contributed by atoms with van der Waals surface area (Å²) in [7, 11) is 1.74. The van der Waals surface area contributed by atoms with Gasteiger partial charge >= 0.3 is 0 Å². The van der Waals surface area contributed by atoms with E-state index < -0.39 is 0 Å². The predicted molar refractivity (Wildman–Crippen MR) is 84.7 cm³/mol. The SMILES string of the molecule is CN(Cc1cscn1)C(=O)c1ccc2ccc(Cl)cc2n1. The smallest absolute Gasteiger partial charge is 0.272 e. The Morgan fingerprint density at radius 1 is 1.33 bits per heavy atom. The Labute approximate surface area is 131 Å². The number of aromatic nitrogens is 2. The predicted octanol–water partition coefficient (Wildman–Crippen LogP) is 3.62. The molecule has 0 aliphatic heterocycles. The third-order valence-corrected chi connectivity index (χ3v) is 3.97. The van der Waals surface area contributed by atoms with Crippen LogP contribution in [0.25, 0.3) is 10.9 Å². The summed E-state index contributed by atoms with van der Waals surface area (Å²) in [5.41, 5.74) is 3.75. The molecule has 0 saturated carbocycles. The molecule has 4 nitrogen and oxygen atoms in total. The van der Waals surface area contributed by atoms with E-state index in [1.165, 1.54) is 11.3 Å². The lowest BCUT2D eigenvalue weighted by atomic mass is 10.2. The van der Waals surface area contributed by atoms with Crippen LogP contribution in [0.5, 0.6) is 0 Å². The van der Waals surface area contributed by atoms with Crippen molar-refractivity contribution in [1.82, 2.24) is 14.9 Å². The fourth-order valence-electron chi connectivity index (χ4n) is 2.04. The molecule has 0 radical (unpaired) electrons. The molecule has 0 spiro atoms. The third kappa shape index (κ3) is 3.04. The number of benzene rings is 1. The molecule has 0 atom stereocenters. The van der Waals surface area contributed by atoms with Crippen LogP contribution in [0.2, 0.25) is 5.02 Å². The number of thiazole rings is 1. The summed E-state index contributed by atoms with van der Waals surface area (Å²) in [6.45, 7) is 0.470. The van der Waals surface area contributed by atoms with Gasteiger partial charge < -0.3 is 4.90 Å². The Bertz CT molecular complexity index is 789. The van der Waals surface area contributed by atoms with Gasteiger partial charge in [0.1, 0.15) is 5.69 Å². The quantitative estimate of drug-likeness (QED) is 0.741. The summed E-state index contributed by atoms with van der Waals surface area (Å²) >= 11 is 7.48. The molecule has 0 aliphatic rings. The van der Waals surface area contributed by atoms with E-state index in [9.17, 15) is 4.79 Å². The van der Waals surface area contributed by atoms with Crippen LogP contribution >= 0.6 is 22.9 Å². The number of hydrogen-bond donors (Lipinski definition) is 0. The van der Waals surface area contributed by atoms with E-state index in [0.717, 1.165) is 16.6 Å². The van der Waals surface area contributed by atoms with Crippen LogP contribution in [-0.2, 0) is 6.54 Å². The Hall–Kier alpha value is -1.98. The number of pyridine rings is 1.